The Bertz CT molecular complexity index is 178. The summed E-state index contributed by atoms with van der Waals surface area (Å²) < 4.78 is 10.7. The van der Waals surface area contributed by atoms with Gasteiger partial charge in [-0.25, -0.2) is 0 Å². The predicted molar refractivity (Wildman–Crippen MR) is 59.6 cm³/mol. The molecule has 0 saturated carbocycles. The Kier molecular flexibility index (Phi) is 9.49. The van der Waals surface area contributed by atoms with E-state index in [-0.39, 0.29) is 6.04 Å². The first-order valence-electron chi connectivity index (χ1n) is 5.43. The lowest BCUT2D eigenvalue weighted by Gasteiger charge is -2.09. The highest BCUT2D eigenvalue weighted by Gasteiger charge is 2.02. The molecule has 88 valence electrons. The zero-order valence-electron chi connectivity index (χ0n) is 9.95. The van der Waals surface area contributed by atoms with Crippen molar-refractivity contribution in [3.63, 3.8) is 0 Å². The van der Waals surface area contributed by atoms with E-state index in [1.807, 2.05) is 0 Å². The number of hydrogen-bond donors (Lipinski definition) is 1. The molecule has 1 unspecified atom stereocenters. The Morgan fingerprint density at radius 3 is 2.40 bits per heavy atom. The number of rotatable bonds is 9. The zero-order valence-corrected chi connectivity index (χ0v) is 9.95. The van der Waals surface area contributed by atoms with Gasteiger partial charge >= 0.3 is 0 Å². The summed E-state index contributed by atoms with van der Waals surface area (Å²) >= 11 is 0. The quantitative estimate of drug-likeness (QED) is 0.585. The summed E-state index contributed by atoms with van der Waals surface area (Å²) in [5.41, 5.74) is 0. The largest absolute Gasteiger partial charge is 0.379 e. The summed E-state index contributed by atoms with van der Waals surface area (Å²) in [7, 11) is 1.78. The molecule has 15 heavy (non-hydrogen) atoms. The fraction of sp³-hybridized carbons (Fsp3) is 0.909. The summed E-state index contributed by atoms with van der Waals surface area (Å²) in [6.45, 7) is 6.85. The van der Waals surface area contributed by atoms with Crippen molar-refractivity contribution in [2.45, 2.75) is 26.3 Å². The van der Waals surface area contributed by atoms with Crippen molar-refractivity contribution in [1.82, 2.24) is 5.32 Å². The number of nitrogens with zero attached hydrogens (tertiary/aromatic N) is 1. The van der Waals surface area contributed by atoms with Crippen molar-refractivity contribution in [3.8, 4) is 6.07 Å². The summed E-state index contributed by atoms with van der Waals surface area (Å²) in [6, 6.07) is 2.04. The van der Waals surface area contributed by atoms with E-state index in [1.165, 1.54) is 0 Å². The molecule has 0 aromatic carbocycles. The number of hydrogen-bond acceptors (Lipinski definition) is 4. The van der Waals surface area contributed by atoms with Gasteiger partial charge < -0.3 is 14.8 Å². The van der Waals surface area contributed by atoms with Crippen molar-refractivity contribution in [3.05, 3.63) is 0 Å². The third-order valence-corrected chi connectivity index (χ3v) is 1.88. The van der Waals surface area contributed by atoms with Crippen LogP contribution in [0.5, 0.6) is 0 Å². The number of nitrogens with one attached hydrogen (secondary N) is 1. The second kappa shape index (κ2) is 9.91. The molecule has 4 heteroatoms. The van der Waals surface area contributed by atoms with Gasteiger partial charge in [-0.05, 0) is 19.4 Å². The van der Waals surface area contributed by atoms with Crippen LogP contribution in [-0.2, 0) is 9.47 Å². The molecule has 0 rings (SSSR count). The summed E-state index contributed by atoms with van der Waals surface area (Å²) in [5.74, 6) is 0.567. The van der Waals surface area contributed by atoms with Gasteiger partial charge in [0.05, 0.1) is 25.3 Å². The molecule has 4 nitrogen and oxygen atoms in total. The molecule has 0 aliphatic heterocycles. The van der Waals surface area contributed by atoms with Gasteiger partial charge in [-0.1, -0.05) is 13.8 Å². The van der Waals surface area contributed by atoms with Crippen molar-refractivity contribution < 1.29 is 9.47 Å². The van der Waals surface area contributed by atoms with Crippen LogP contribution >= 0.6 is 0 Å². The first kappa shape index (κ1) is 14.4. The maximum atomic E-state index is 8.64. The smallest absolute Gasteiger partial charge is 0.0972 e. The normalized spacial score (nSPS) is 12.7. The van der Waals surface area contributed by atoms with Gasteiger partial charge in [0, 0.05) is 13.2 Å². The van der Waals surface area contributed by atoms with E-state index in [4.69, 9.17) is 14.7 Å². The first-order valence-corrected chi connectivity index (χ1v) is 5.43. The highest BCUT2D eigenvalue weighted by atomic mass is 16.5. The van der Waals surface area contributed by atoms with E-state index >= 15 is 0 Å². The number of nitriles is 1. The molecule has 0 spiro atoms. The van der Waals surface area contributed by atoms with E-state index in [1.54, 1.807) is 7.05 Å². The second-order valence-electron chi connectivity index (χ2n) is 3.84. The van der Waals surface area contributed by atoms with E-state index in [0.29, 0.717) is 25.7 Å². The highest BCUT2D eigenvalue weighted by Crippen LogP contribution is 1.93. The third kappa shape index (κ3) is 9.67. The average molecular weight is 214 g/mol. The van der Waals surface area contributed by atoms with Crippen LogP contribution in [0.4, 0.5) is 0 Å². The molecule has 0 saturated heterocycles. The standard InChI is InChI=1S/C11H22N2O2/c1-10(2)9-15-7-6-14-5-4-11(8-12)13-3/h10-11,13H,4-7,9H2,1-3H3. The summed E-state index contributed by atoms with van der Waals surface area (Å²) in [6.07, 6.45) is 0.719. The van der Waals surface area contributed by atoms with Crippen molar-refractivity contribution in [2.24, 2.45) is 5.92 Å². The molecule has 0 amide bonds. The SMILES string of the molecule is CNC(C#N)CCOCCOCC(C)C. The second-order valence-corrected chi connectivity index (χ2v) is 3.84. The Balaban J connectivity index is 3.15. The fourth-order valence-corrected chi connectivity index (χ4v) is 1.01. The van der Waals surface area contributed by atoms with Crippen LogP contribution in [0.25, 0.3) is 0 Å². The van der Waals surface area contributed by atoms with Gasteiger partial charge in [0.15, 0.2) is 0 Å². The van der Waals surface area contributed by atoms with Gasteiger partial charge in [-0.15, -0.1) is 0 Å². The molecule has 0 aromatic heterocycles. The Morgan fingerprint density at radius 2 is 1.87 bits per heavy atom. The summed E-state index contributed by atoms with van der Waals surface area (Å²) in [4.78, 5) is 0. The molecular formula is C11H22N2O2. The lowest BCUT2D eigenvalue weighted by atomic mass is 10.2. The lowest BCUT2D eigenvalue weighted by molar-refractivity contribution is 0.0361. The van der Waals surface area contributed by atoms with Gasteiger partial charge in [0.25, 0.3) is 0 Å². The van der Waals surface area contributed by atoms with Crippen molar-refractivity contribution in [2.75, 3.05) is 33.5 Å². The molecule has 0 aliphatic carbocycles. The van der Waals surface area contributed by atoms with Gasteiger partial charge in [-0.2, -0.15) is 5.26 Å². The van der Waals surface area contributed by atoms with E-state index in [0.717, 1.165) is 13.0 Å². The summed E-state index contributed by atoms with van der Waals surface area (Å²) in [5, 5.41) is 11.5. The van der Waals surface area contributed by atoms with Crippen LogP contribution in [0.15, 0.2) is 0 Å². The minimum Gasteiger partial charge on any atom is -0.379 e. The Morgan fingerprint density at radius 1 is 1.20 bits per heavy atom. The fourth-order valence-electron chi connectivity index (χ4n) is 1.01. The minimum absolute atomic E-state index is 0.110. The highest BCUT2D eigenvalue weighted by molar-refractivity contribution is 4.87. The average Bonchev–Trinajstić information content (AvgIpc) is 2.22. The van der Waals surface area contributed by atoms with Crippen LogP contribution in [-0.4, -0.2) is 39.5 Å². The Hall–Kier alpha value is -0.630. The topological polar surface area (TPSA) is 54.3 Å². The van der Waals surface area contributed by atoms with Crippen LogP contribution in [0, 0.1) is 17.2 Å². The van der Waals surface area contributed by atoms with Crippen molar-refractivity contribution in [1.29, 1.82) is 5.26 Å². The van der Waals surface area contributed by atoms with E-state index < -0.39 is 0 Å². The van der Waals surface area contributed by atoms with E-state index in [9.17, 15) is 0 Å². The molecular weight excluding hydrogens is 192 g/mol. The molecule has 0 aliphatic rings. The molecule has 0 bridgehead atoms. The minimum atomic E-state index is -0.110. The lowest BCUT2D eigenvalue weighted by Crippen LogP contribution is -2.25. The number of ether oxygens (including phenoxy) is 2. The predicted octanol–water partition coefficient (Wildman–Crippen LogP) is 1.18. The van der Waals surface area contributed by atoms with Gasteiger partial charge in [0.2, 0.25) is 0 Å². The molecule has 0 radical (unpaired) electrons. The van der Waals surface area contributed by atoms with Gasteiger partial charge in [-0.3, -0.25) is 0 Å². The van der Waals surface area contributed by atoms with Crippen LogP contribution in [0.2, 0.25) is 0 Å². The first-order chi connectivity index (χ1) is 7.20. The molecule has 1 atom stereocenters. The van der Waals surface area contributed by atoms with Gasteiger partial charge in [0.1, 0.15) is 0 Å². The Labute approximate surface area is 92.6 Å². The molecule has 0 fully saturated rings. The molecule has 1 N–H and O–H groups in total. The molecule has 0 aromatic rings. The van der Waals surface area contributed by atoms with E-state index in [2.05, 4.69) is 25.2 Å². The molecule has 0 heterocycles. The van der Waals surface area contributed by atoms with Crippen LogP contribution in [0.3, 0.4) is 0 Å². The monoisotopic (exact) mass is 214 g/mol. The third-order valence-electron chi connectivity index (χ3n) is 1.88. The maximum absolute atomic E-state index is 8.64. The van der Waals surface area contributed by atoms with Crippen LogP contribution in [0.1, 0.15) is 20.3 Å². The van der Waals surface area contributed by atoms with Crippen LogP contribution < -0.4 is 5.32 Å². The zero-order chi connectivity index (χ0) is 11.5. The maximum Gasteiger partial charge on any atom is 0.0972 e. The van der Waals surface area contributed by atoms with Crippen molar-refractivity contribution >= 4 is 0 Å².